The second kappa shape index (κ2) is 4.80. The lowest BCUT2D eigenvalue weighted by molar-refractivity contribution is 0.318. The van der Waals surface area contributed by atoms with Gasteiger partial charge in [0.2, 0.25) is 0 Å². The lowest BCUT2D eigenvalue weighted by Crippen LogP contribution is -2.33. The van der Waals surface area contributed by atoms with Gasteiger partial charge in [0.05, 0.1) is 15.7 Å². The molecular formula is C13H17Cl2N3. The summed E-state index contributed by atoms with van der Waals surface area (Å²) in [5.41, 5.74) is 7.14. The van der Waals surface area contributed by atoms with Crippen molar-refractivity contribution in [3.63, 3.8) is 0 Å². The van der Waals surface area contributed by atoms with Crippen molar-refractivity contribution in [2.45, 2.75) is 31.3 Å². The Bertz CT molecular complexity index is 441. The van der Waals surface area contributed by atoms with E-state index >= 15 is 0 Å². The summed E-state index contributed by atoms with van der Waals surface area (Å²) in [5.74, 6) is 0. The number of rotatable bonds is 2. The van der Waals surface area contributed by atoms with Gasteiger partial charge in [-0.3, -0.25) is 4.90 Å². The van der Waals surface area contributed by atoms with Gasteiger partial charge >= 0.3 is 0 Å². The predicted octanol–water partition coefficient (Wildman–Crippen LogP) is 3.22. The fraction of sp³-hybridized carbons (Fsp3) is 0.538. The van der Waals surface area contributed by atoms with Gasteiger partial charge in [0.1, 0.15) is 0 Å². The van der Waals surface area contributed by atoms with Gasteiger partial charge in [-0.05, 0) is 37.9 Å². The van der Waals surface area contributed by atoms with Crippen LogP contribution in [0.4, 0.5) is 11.4 Å². The average molecular weight is 286 g/mol. The van der Waals surface area contributed by atoms with E-state index in [1.165, 1.54) is 25.9 Å². The second-order valence-electron chi connectivity index (χ2n) is 5.14. The summed E-state index contributed by atoms with van der Waals surface area (Å²) in [6.07, 6.45) is 3.72. The lowest BCUT2D eigenvalue weighted by Gasteiger charge is -2.23. The Morgan fingerprint density at radius 3 is 2.61 bits per heavy atom. The molecule has 98 valence electrons. The van der Waals surface area contributed by atoms with E-state index in [0.29, 0.717) is 27.8 Å². The Morgan fingerprint density at radius 2 is 1.89 bits per heavy atom. The lowest BCUT2D eigenvalue weighted by atomic mass is 10.1. The van der Waals surface area contributed by atoms with Crippen LogP contribution in [-0.4, -0.2) is 30.1 Å². The molecule has 2 fully saturated rings. The van der Waals surface area contributed by atoms with Crippen molar-refractivity contribution in [3.05, 3.63) is 22.2 Å². The molecule has 0 aliphatic carbocycles. The minimum atomic E-state index is 0.450. The maximum atomic E-state index is 6.22. The quantitative estimate of drug-likeness (QED) is 0.820. The van der Waals surface area contributed by atoms with E-state index in [1.54, 1.807) is 12.1 Å². The van der Waals surface area contributed by atoms with Crippen LogP contribution in [0.2, 0.25) is 10.0 Å². The molecule has 0 aromatic heterocycles. The second-order valence-corrected chi connectivity index (χ2v) is 5.96. The average Bonchev–Trinajstić information content (AvgIpc) is 2.86. The summed E-state index contributed by atoms with van der Waals surface area (Å²) in [5, 5.41) is 4.73. The number of hydrogen-bond acceptors (Lipinski definition) is 3. The van der Waals surface area contributed by atoms with E-state index < -0.39 is 0 Å². The highest BCUT2D eigenvalue weighted by molar-refractivity contribution is 6.39. The monoisotopic (exact) mass is 285 g/mol. The number of halogens is 2. The molecule has 0 radical (unpaired) electrons. The van der Waals surface area contributed by atoms with Crippen molar-refractivity contribution in [3.8, 4) is 0 Å². The molecule has 5 heteroatoms. The van der Waals surface area contributed by atoms with Crippen molar-refractivity contribution < 1.29 is 0 Å². The molecule has 18 heavy (non-hydrogen) atoms. The molecule has 0 bridgehead atoms. The maximum Gasteiger partial charge on any atom is 0.0723 e. The van der Waals surface area contributed by atoms with E-state index in [-0.39, 0.29) is 0 Å². The highest BCUT2D eigenvalue weighted by Gasteiger charge is 2.37. The number of fused-ring (bicyclic) bond motifs is 1. The molecule has 2 aliphatic rings. The minimum absolute atomic E-state index is 0.450. The zero-order valence-corrected chi connectivity index (χ0v) is 11.6. The number of nitrogen functional groups attached to an aromatic ring is 1. The third kappa shape index (κ3) is 2.15. The fourth-order valence-corrected chi connectivity index (χ4v) is 3.78. The SMILES string of the molecule is Nc1cc(Cl)c(NC2CCN3CCCC23)c(Cl)c1. The van der Waals surface area contributed by atoms with E-state index in [1.807, 2.05) is 0 Å². The number of nitrogens with one attached hydrogen (secondary N) is 1. The van der Waals surface area contributed by atoms with E-state index in [0.717, 1.165) is 12.1 Å². The summed E-state index contributed by atoms with van der Waals surface area (Å²) in [6, 6.07) is 4.58. The summed E-state index contributed by atoms with van der Waals surface area (Å²) in [7, 11) is 0. The first kappa shape index (κ1) is 12.4. The molecule has 0 spiro atoms. The molecule has 3 N–H and O–H groups in total. The number of anilines is 2. The van der Waals surface area contributed by atoms with E-state index in [4.69, 9.17) is 28.9 Å². The largest absolute Gasteiger partial charge is 0.399 e. The molecule has 0 amide bonds. The smallest absolute Gasteiger partial charge is 0.0723 e. The molecule has 1 aromatic rings. The molecule has 1 aromatic carbocycles. The fourth-order valence-electron chi connectivity index (χ4n) is 3.17. The molecule has 3 rings (SSSR count). The predicted molar refractivity (Wildman–Crippen MR) is 77.5 cm³/mol. The van der Waals surface area contributed by atoms with Crippen molar-refractivity contribution in [1.29, 1.82) is 0 Å². The van der Waals surface area contributed by atoms with Gasteiger partial charge in [-0.2, -0.15) is 0 Å². The molecule has 2 saturated heterocycles. The van der Waals surface area contributed by atoms with Gasteiger partial charge in [-0.25, -0.2) is 0 Å². The van der Waals surface area contributed by atoms with Gasteiger partial charge in [0.25, 0.3) is 0 Å². The zero-order chi connectivity index (χ0) is 12.7. The maximum absolute atomic E-state index is 6.22. The van der Waals surface area contributed by atoms with E-state index in [9.17, 15) is 0 Å². The van der Waals surface area contributed by atoms with Crippen LogP contribution < -0.4 is 11.1 Å². The topological polar surface area (TPSA) is 41.3 Å². The first-order chi connectivity index (χ1) is 8.65. The van der Waals surface area contributed by atoms with Crippen LogP contribution in [-0.2, 0) is 0 Å². The molecule has 3 nitrogen and oxygen atoms in total. The van der Waals surface area contributed by atoms with Gasteiger partial charge in [0, 0.05) is 24.3 Å². The van der Waals surface area contributed by atoms with Gasteiger partial charge in [-0.1, -0.05) is 23.2 Å². The summed E-state index contributed by atoms with van der Waals surface area (Å²) < 4.78 is 0. The molecule has 2 heterocycles. The third-order valence-corrected chi connectivity index (χ3v) is 4.60. The Hall–Kier alpha value is -0.640. The number of benzene rings is 1. The Kier molecular flexibility index (Phi) is 3.31. The summed E-state index contributed by atoms with van der Waals surface area (Å²) >= 11 is 12.4. The molecule has 2 atom stereocenters. The van der Waals surface area contributed by atoms with Crippen molar-refractivity contribution >= 4 is 34.6 Å². The standard InChI is InChI=1S/C13H17Cl2N3/c14-9-6-8(16)7-10(15)13(9)17-11-3-5-18-4-1-2-12(11)18/h6-7,11-12,17H,1-5,16H2. The van der Waals surface area contributed by atoms with Crippen molar-refractivity contribution in [2.75, 3.05) is 24.1 Å². The minimum Gasteiger partial charge on any atom is -0.399 e. The highest BCUT2D eigenvalue weighted by atomic mass is 35.5. The van der Waals surface area contributed by atoms with Crippen LogP contribution in [0.3, 0.4) is 0 Å². The van der Waals surface area contributed by atoms with Gasteiger partial charge < -0.3 is 11.1 Å². The Balaban J connectivity index is 1.81. The van der Waals surface area contributed by atoms with Crippen LogP contribution in [0.15, 0.2) is 12.1 Å². The first-order valence-electron chi connectivity index (χ1n) is 6.40. The summed E-state index contributed by atoms with van der Waals surface area (Å²) in [6.45, 7) is 2.40. The van der Waals surface area contributed by atoms with Crippen LogP contribution in [0.1, 0.15) is 19.3 Å². The van der Waals surface area contributed by atoms with Gasteiger partial charge in [0.15, 0.2) is 0 Å². The Morgan fingerprint density at radius 1 is 1.17 bits per heavy atom. The highest BCUT2D eigenvalue weighted by Crippen LogP contribution is 2.36. The Labute approximate surface area is 117 Å². The molecule has 0 saturated carbocycles. The van der Waals surface area contributed by atoms with Crippen LogP contribution in [0.25, 0.3) is 0 Å². The van der Waals surface area contributed by atoms with Crippen LogP contribution >= 0.6 is 23.2 Å². The van der Waals surface area contributed by atoms with Crippen molar-refractivity contribution in [1.82, 2.24) is 4.90 Å². The van der Waals surface area contributed by atoms with Crippen LogP contribution in [0, 0.1) is 0 Å². The third-order valence-electron chi connectivity index (χ3n) is 4.00. The molecular weight excluding hydrogens is 269 g/mol. The molecule has 2 aliphatic heterocycles. The molecule has 2 unspecified atom stereocenters. The number of nitrogens with two attached hydrogens (primary N) is 1. The normalized spacial score (nSPS) is 27.4. The zero-order valence-electron chi connectivity index (χ0n) is 10.1. The summed E-state index contributed by atoms with van der Waals surface area (Å²) in [4.78, 5) is 2.55. The number of nitrogens with zero attached hydrogens (tertiary/aromatic N) is 1. The van der Waals surface area contributed by atoms with E-state index in [2.05, 4.69) is 10.2 Å². The van der Waals surface area contributed by atoms with Gasteiger partial charge in [-0.15, -0.1) is 0 Å². The van der Waals surface area contributed by atoms with Crippen LogP contribution in [0.5, 0.6) is 0 Å². The first-order valence-corrected chi connectivity index (χ1v) is 7.16. The van der Waals surface area contributed by atoms with Crippen molar-refractivity contribution in [2.24, 2.45) is 0 Å². The number of hydrogen-bond donors (Lipinski definition) is 2.